The van der Waals surface area contributed by atoms with Gasteiger partial charge in [-0.3, -0.25) is 4.79 Å². The molecule has 4 nitrogen and oxygen atoms in total. The number of benzene rings is 1. The Kier molecular flexibility index (Phi) is 2.33. The summed E-state index contributed by atoms with van der Waals surface area (Å²) < 4.78 is 1.33. The van der Waals surface area contributed by atoms with Crippen molar-refractivity contribution < 1.29 is 5.11 Å². The SMILES string of the molecule is Cn1c(=O)c(C#N)c(Cl)c2cc(O)ccc21. The maximum atomic E-state index is 11.7. The highest BCUT2D eigenvalue weighted by Gasteiger charge is 2.13. The van der Waals surface area contributed by atoms with Crippen LogP contribution in [0.15, 0.2) is 23.0 Å². The Morgan fingerprint density at radius 3 is 2.81 bits per heavy atom. The van der Waals surface area contributed by atoms with Crippen LogP contribution in [0.5, 0.6) is 5.75 Å². The molecule has 1 N–H and O–H groups in total. The monoisotopic (exact) mass is 234 g/mol. The lowest BCUT2D eigenvalue weighted by molar-refractivity contribution is 0.476. The van der Waals surface area contributed by atoms with E-state index >= 15 is 0 Å². The number of phenolic OH excluding ortho intramolecular Hbond substituents is 1. The summed E-state index contributed by atoms with van der Waals surface area (Å²) in [6.07, 6.45) is 0. The first-order chi connectivity index (χ1) is 7.56. The van der Waals surface area contributed by atoms with Crippen LogP contribution in [0, 0.1) is 11.3 Å². The molecule has 0 aliphatic rings. The average Bonchev–Trinajstić information content (AvgIpc) is 2.27. The predicted octanol–water partition coefficient (Wildman–Crippen LogP) is 1.77. The minimum atomic E-state index is -0.439. The third-order valence-electron chi connectivity index (χ3n) is 2.43. The van der Waals surface area contributed by atoms with Crippen molar-refractivity contribution in [2.24, 2.45) is 7.05 Å². The van der Waals surface area contributed by atoms with Gasteiger partial charge in [-0.1, -0.05) is 11.6 Å². The molecular weight excluding hydrogens is 228 g/mol. The van der Waals surface area contributed by atoms with E-state index in [4.69, 9.17) is 16.9 Å². The highest BCUT2D eigenvalue weighted by atomic mass is 35.5. The number of pyridine rings is 1. The van der Waals surface area contributed by atoms with Crippen LogP contribution in [-0.4, -0.2) is 9.67 Å². The lowest BCUT2D eigenvalue weighted by Gasteiger charge is -2.08. The fourth-order valence-corrected chi connectivity index (χ4v) is 1.87. The van der Waals surface area contributed by atoms with Crippen molar-refractivity contribution in [1.29, 1.82) is 5.26 Å². The van der Waals surface area contributed by atoms with Gasteiger partial charge in [0.1, 0.15) is 17.4 Å². The third-order valence-corrected chi connectivity index (χ3v) is 2.82. The first kappa shape index (κ1) is 10.5. The number of fused-ring (bicyclic) bond motifs is 1. The van der Waals surface area contributed by atoms with E-state index < -0.39 is 5.56 Å². The molecule has 2 aromatic rings. The minimum Gasteiger partial charge on any atom is -0.508 e. The zero-order valence-corrected chi connectivity index (χ0v) is 9.12. The first-order valence-corrected chi connectivity index (χ1v) is 4.85. The van der Waals surface area contributed by atoms with Crippen molar-refractivity contribution in [2.45, 2.75) is 0 Å². The van der Waals surface area contributed by atoms with Gasteiger partial charge < -0.3 is 9.67 Å². The van der Waals surface area contributed by atoms with Crippen LogP contribution in [0.3, 0.4) is 0 Å². The van der Waals surface area contributed by atoms with E-state index in [9.17, 15) is 9.90 Å². The zero-order valence-electron chi connectivity index (χ0n) is 8.36. The van der Waals surface area contributed by atoms with Crippen LogP contribution in [0.25, 0.3) is 10.9 Å². The molecule has 1 aromatic heterocycles. The van der Waals surface area contributed by atoms with Crippen LogP contribution in [0.4, 0.5) is 0 Å². The quantitative estimate of drug-likeness (QED) is 0.756. The normalized spacial score (nSPS) is 10.3. The summed E-state index contributed by atoms with van der Waals surface area (Å²) in [6.45, 7) is 0. The van der Waals surface area contributed by atoms with E-state index in [1.165, 1.54) is 16.7 Å². The zero-order chi connectivity index (χ0) is 11.9. The molecule has 0 aliphatic carbocycles. The second-order valence-electron chi connectivity index (χ2n) is 3.37. The molecule has 16 heavy (non-hydrogen) atoms. The molecule has 0 unspecified atom stereocenters. The molecule has 0 saturated heterocycles. The van der Waals surface area contributed by atoms with Gasteiger partial charge in [0, 0.05) is 12.4 Å². The molecule has 1 aromatic carbocycles. The van der Waals surface area contributed by atoms with Gasteiger partial charge in [-0.25, -0.2) is 0 Å². The van der Waals surface area contributed by atoms with Crippen LogP contribution in [0.2, 0.25) is 5.02 Å². The number of nitriles is 1. The molecule has 0 aliphatic heterocycles. The van der Waals surface area contributed by atoms with Gasteiger partial charge in [0.2, 0.25) is 0 Å². The molecule has 5 heteroatoms. The Hall–Kier alpha value is -1.99. The van der Waals surface area contributed by atoms with Crippen molar-refractivity contribution in [3.63, 3.8) is 0 Å². The second-order valence-corrected chi connectivity index (χ2v) is 3.74. The fourth-order valence-electron chi connectivity index (χ4n) is 1.59. The van der Waals surface area contributed by atoms with Crippen molar-refractivity contribution in [1.82, 2.24) is 4.57 Å². The number of aryl methyl sites for hydroxylation is 1. The number of aromatic hydroxyl groups is 1. The van der Waals surface area contributed by atoms with E-state index in [0.717, 1.165) is 0 Å². The molecule has 0 fully saturated rings. The summed E-state index contributed by atoms with van der Waals surface area (Å²) in [5.74, 6) is 0.0388. The Morgan fingerprint density at radius 1 is 1.50 bits per heavy atom. The van der Waals surface area contributed by atoms with E-state index in [1.54, 1.807) is 19.2 Å². The van der Waals surface area contributed by atoms with Crippen LogP contribution in [0.1, 0.15) is 5.56 Å². The van der Waals surface area contributed by atoms with Gasteiger partial charge in [0.15, 0.2) is 0 Å². The Bertz CT molecular complexity index is 683. The molecule has 0 amide bonds. The summed E-state index contributed by atoms with van der Waals surface area (Å²) in [6, 6.07) is 6.24. The summed E-state index contributed by atoms with van der Waals surface area (Å²) in [4.78, 5) is 11.7. The number of rotatable bonds is 0. The lowest BCUT2D eigenvalue weighted by Crippen LogP contribution is -2.20. The number of aromatic nitrogens is 1. The molecule has 0 atom stereocenters. The van der Waals surface area contributed by atoms with Gasteiger partial charge in [0.05, 0.1) is 10.5 Å². The molecule has 2 rings (SSSR count). The first-order valence-electron chi connectivity index (χ1n) is 4.47. The molecule has 0 spiro atoms. The topological polar surface area (TPSA) is 66.0 Å². The molecule has 0 bridgehead atoms. The highest BCUT2D eigenvalue weighted by molar-refractivity contribution is 6.36. The Labute approximate surface area is 95.9 Å². The summed E-state index contributed by atoms with van der Waals surface area (Å²) in [5, 5.41) is 18.8. The number of halogens is 1. The number of hydrogen-bond acceptors (Lipinski definition) is 3. The van der Waals surface area contributed by atoms with Gasteiger partial charge in [0.25, 0.3) is 5.56 Å². The molecule has 80 valence electrons. The number of hydrogen-bond donors (Lipinski definition) is 1. The maximum absolute atomic E-state index is 11.7. The van der Waals surface area contributed by atoms with Gasteiger partial charge >= 0.3 is 0 Å². The predicted molar refractivity (Wildman–Crippen MR) is 60.6 cm³/mol. The maximum Gasteiger partial charge on any atom is 0.270 e. The second kappa shape index (κ2) is 3.54. The standard InChI is InChI=1S/C11H7ClN2O2/c1-14-9-3-2-6(15)4-7(9)10(12)8(5-13)11(14)16/h2-4,15H,1H3. The summed E-state index contributed by atoms with van der Waals surface area (Å²) >= 11 is 5.94. The summed E-state index contributed by atoms with van der Waals surface area (Å²) in [5.41, 5.74) is 0.0276. The average molecular weight is 235 g/mol. The van der Waals surface area contributed by atoms with Crippen molar-refractivity contribution in [2.75, 3.05) is 0 Å². The van der Waals surface area contributed by atoms with Crippen LogP contribution >= 0.6 is 11.6 Å². The largest absolute Gasteiger partial charge is 0.508 e. The van der Waals surface area contributed by atoms with Gasteiger partial charge in [-0.15, -0.1) is 0 Å². The van der Waals surface area contributed by atoms with E-state index in [2.05, 4.69) is 0 Å². The van der Waals surface area contributed by atoms with Crippen LogP contribution in [-0.2, 0) is 7.05 Å². The molecule has 0 radical (unpaired) electrons. The lowest BCUT2D eigenvalue weighted by atomic mass is 10.1. The van der Waals surface area contributed by atoms with E-state index in [1.807, 2.05) is 0 Å². The smallest absolute Gasteiger partial charge is 0.270 e. The van der Waals surface area contributed by atoms with Gasteiger partial charge in [-0.2, -0.15) is 5.26 Å². The number of nitrogens with zero attached hydrogens (tertiary/aromatic N) is 2. The van der Waals surface area contributed by atoms with Crippen molar-refractivity contribution in [3.8, 4) is 11.8 Å². The minimum absolute atomic E-state index is 0.0388. The third kappa shape index (κ3) is 1.34. The molecular formula is C11H7ClN2O2. The van der Waals surface area contributed by atoms with E-state index in [-0.39, 0.29) is 16.3 Å². The molecule has 0 saturated carbocycles. The Balaban J connectivity index is 3.10. The van der Waals surface area contributed by atoms with Crippen molar-refractivity contribution in [3.05, 3.63) is 39.1 Å². The van der Waals surface area contributed by atoms with Crippen molar-refractivity contribution >= 4 is 22.5 Å². The fraction of sp³-hybridized carbons (Fsp3) is 0.0909. The van der Waals surface area contributed by atoms with E-state index in [0.29, 0.717) is 10.9 Å². The van der Waals surface area contributed by atoms with Crippen LogP contribution < -0.4 is 5.56 Å². The van der Waals surface area contributed by atoms with Gasteiger partial charge in [-0.05, 0) is 18.2 Å². The summed E-state index contributed by atoms with van der Waals surface area (Å²) in [7, 11) is 1.55. The highest BCUT2D eigenvalue weighted by Crippen LogP contribution is 2.27. The number of phenols is 1. The Morgan fingerprint density at radius 2 is 2.19 bits per heavy atom. The molecule has 1 heterocycles.